The summed E-state index contributed by atoms with van der Waals surface area (Å²) < 4.78 is 5.05. The fourth-order valence-electron chi connectivity index (χ4n) is 1.55. The second-order valence-corrected chi connectivity index (χ2v) is 4.42. The Labute approximate surface area is 122 Å². The Morgan fingerprint density at radius 2 is 2.00 bits per heavy atom. The molecule has 0 saturated carbocycles. The molecule has 0 bridgehead atoms. The van der Waals surface area contributed by atoms with Gasteiger partial charge in [-0.3, -0.25) is 4.79 Å². The van der Waals surface area contributed by atoms with Crippen LogP contribution in [0.4, 0.5) is 0 Å². The number of halogens is 1. The third-order valence-electron chi connectivity index (χ3n) is 2.58. The smallest absolute Gasteiger partial charge is 0.271 e. The van der Waals surface area contributed by atoms with Crippen LogP contribution in [0, 0.1) is 0 Å². The Balaban J connectivity index is 1.97. The molecule has 0 unspecified atom stereocenters. The minimum atomic E-state index is -0.308. The van der Waals surface area contributed by atoms with Gasteiger partial charge in [0.25, 0.3) is 5.91 Å². The number of hydrogen-bond acceptors (Lipinski definition) is 3. The van der Waals surface area contributed by atoms with Crippen molar-refractivity contribution in [2.75, 3.05) is 7.11 Å². The van der Waals surface area contributed by atoms with Crippen LogP contribution in [0.5, 0.6) is 5.75 Å². The highest BCUT2D eigenvalue weighted by molar-refractivity contribution is 6.30. The Kier molecular flexibility index (Phi) is 4.74. The molecule has 102 valence electrons. The van der Waals surface area contributed by atoms with Gasteiger partial charge in [-0.05, 0) is 48.0 Å². The van der Waals surface area contributed by atoms with Crippen molar-refractivity contribution in [1.29, 1.82) is 0 Å². The largest absolute Gasteiger partial charge is 0.497 e. The molecule has 0 aromatic heterocycles. The fourth-order valence-corrected chi connectivity index (χ4v) is 1.74. The average molecular weight is 289 g/mol. The minimum Gasteiger partial charge on any atom is -0.497 e. The van der Waals surface area contributed by atoms with Crippen LogP contribution < -0.4 is 10.2 Å². The summed E-state index contributed by atoms with van der Waals surface area (Å²) in [7, 11) is 1.61. The molecule has 5 heteroatoms. The molecule has 20 heavy (non-hydrogen) atoms. The van der Waals surface area contributed by atoms with E-state index in [1.807, 2.05) is 24.3 Å². The first-order valence-corrected chi connectivity index (χ1v) is 6.30. The molecule has 0 aliphatic heterocycles. The zero-order valence-corrected chi connectivity index (χ0v) is 11.6. The molecule has 1 N–H and O–H groups in total. The van der Waals surface area contributed by atoms with Gasteiger partial charge < -0.3 is 4.74 Å². The summed E-state index contributed by atoms with van der Waals surface area (Å²) in [6.07, 6.45) is 1.56. The maximum atomic E-state index is 11.8. The predicted molar refractivity (Wildman–Crippen MR) is 79.5 cm³/mol. The zero-order valence-electron chi connectivity index (χ0n) is 10.8. The maximum absolute atomic E-state index is 11.8. The highest BCUT2D eigenvalue weighted by Crippen LogP contribution is 2.11. The zero-order chi connectivity index (χ0) is 14.4. The van der Waals surface area contributed by atoms with Gasteiger partial charge in [0.15, 0.2) is 0 Å². The molecular weight excluding hydrogens is 276 g/mol. The number of hydrogen-bond donors (Lipinski definition) is 1. The Hall–Kier alpha value is -2.33. The first-order valence-electron chi connectivity index (χ1n) is 5.92. The van der Waals surface area contributed by atoms with E-state index in [0.717, 1.165) is 11.3 Å². The van der Waals surface area contributed by atoms with Gasteiger partial charge in [0, 0.05) is 10.6 Å². The second kappa shape index (κ2) is 6.73. The summed E-state index contributed by atoms with van der Waals surface area (Å²) in [5.74, 6) is 0.461. The lowest BCUT2D eigenvalue weighted by molar-refractivity contribution is 0.0955. The quantitative estimate of drug-likeness (QED) is 0.694. The highest BCUT2D eigenvalue weighted by atomic mass is 35.5. The van der Waals surface area contributed by atoms with Gasteiger partial charge in [-0.25, -0.2) is 5.43 Å². The van der Waals surface area contributed by atoms with Crippen LogP contribution in [0.2, 0.25) is 5.02 Å². The molecule has 0 heterocycles. The van der Waals surface area contributed by atoms with Crippen molar-refractivity contribution in [1.82, 2.24) is 5.43 Å². The van der Waals surface area contributed by atoms with Crippen molar-refractivity contribution in [3.8, 4) is 5.75 Å². The summed E-state index contributed by atoms with van der Waals surface area (Å²) >= 11 is 5.82. The number of amides is 1. The Bertz CT molecular complexity index is 624. The van der Waals surface area contributed by atoms with E-state index in [1.165, 1.54) is 0 Å². The first-order chi connectivity index (χ1) is 9.69. The number of ether oxygens (including phenoxy) is 1. The van der Waals surface area contributed by atoms with Crippen molar-refractivity contribution in [3.05, 3.63) is 64.7 Å². The van der Waals surface area contributed by atoms with Gasteiger partial charge >= 0.3 is 0 Å². The van der Waals surface area contributed by atoms with E-state index in [9.17, 15) is 4.79 Å². The standard InChI is InChI=1S/C15H13ClN2O2/c1-20-14-7-5-11(6-8-14)10-17-18-15(19)12-3-2-4-13(16)9-12/h2-10H,1H3,(H,18,19)/b17-10+. The lowest BCUT2D eigenvalue weighted by Crippen LogP contribution is -2.17. The van der Waals surface area contributed by atoms with Crippen LogP contribution in [0.15, 0.2) is 53.6 Å². The number of benzene rings is 2. The van der Waals surface area contributed by atoms with Crippen LogP contribution in [-0.2, 0) is 0 Å². The number of methoxy groups -OCH3 is 1. The molecule has 0 fully saturated rings. The van der Waals surface area contributed by atoms with Crippen LogP contribution in [0.1, 0.15) is 15.9 Å². The van der Waals surface area contributed by atoms with Crippen LogP contribution in [0.25, 0.3) is 0 Å². The van der Waals surface area contributed by atoms with E-state index in [1.54, 1.807) is 37.6 Å². The number of hydrazone groups is 1. The monoisotopic (exact) mass is 288 g/mol. The van der Waals surface area contributed by atoms with E-state index in [2.05, 4.69) is 10.5 Å². The SMILES string of the molecule is COc1ccc(/C=N/NC(=O)c2cccc(Cl)c2)cc1. The molecule has 1 amide bonds. The molecule has 4 nitrogen and oxygen atoms in total. The molecular formula is C15H13ClN2O2. The van der Waals surface area contributed by atoms with E-state index < -0.39 is 0 Å². The summed E-state index contributed by atoms with van der Waals surface area (Å²) in [5.41, 5.74) is 3.76. The van der Waals surface area contributed by atoms with Gasteiger partial charge in [-0.15, -0.1) is 0 Å². The minimum absolute atomic E-state index is 0.308. The summed E-state index contributed by atoms with van der Waals surface area (Å²) in [4.78, 5) is 11.8. The van der Waals surface area contributed by atoms with Gasteiger partial charge in [0.2, 0.25) is 0 Å². The molecule has 2 rings (SSSR count). The lowest BCUT2D eigenvalue weighted by Gasteiger charge is -2.01. The van der Waals surface area contributed by atoms with Crippen molar-refractivity contribution in [2.45, 2.75) is 0 Å². The molecule has 0 radical (unpaired) electrons. The second-order valence-electron chi connectivity index (χ2n) is 3.98. The van der Waals surface area contributed by atoms with E-state index in [-0.39, 0.29) is 5.91 Å². The van der Waals surface area contributed by atoms with Gasteiger partial charge in [-0.1, -0.05) is 17.7 Å². The van der Waals surface area contributed by atoms with Crippen LogP contribution in [-0.4, -0.2) is 19.2 Å². The number of carbonyl (C=O) groups is 1. The van der Waals surface area contributed by atoms with E-state index in [4.69, 9.17) is 16.3 Å². The molecule has 2 aromatic rings. The summed E-state index contributed by atoms with van der Waals surface area (Å²) in [5, 5.41) is 4.41. The normalized spacial score (nSPS) is 10.5. The number of rotatable bonds is 4. The van der Waals surface area contributed by atoms with E-state index >= 15 is 0 Å². The highest BCUT2D eigenvalue weighted by Gasteiger charge is 2.03. The third kappa shape index (κ3) is 3.83. The van der Waals surface area contributed by atoms with E-state index in [0.29, 0.717) is 10.6 Å². The third-order valence-corrected chi connectivity index (χ3v) is 2.82. The molecule has 0 aliphatic rings. The number of nitrogens with one attached hydrogen (secondary N) is 1. The molecule has 0 spiro atoms. The summed E-state index contributed by atoms with van der Waals surface area (Å²) in [6.45, 7) is 0. The predicted octanol–water partition coefficient (Wildman–Crippen LogP) is 3.11. The molecule has 0 atom stereocenters. The van der Waals surface area contributed by atoms with Gasteiger partial charge in [0.1, 0.15) is 5.75 Å². The lowest BCUT2D eigenvalue weighted by atomic mass is 10.2. The van der Waals surface area contributed by atoms with Crippen molar-refractivity contribution in [2.24, 2.45) is 5.10 Å². The Morgan fingerprint density at radius 3 is 2.65 bits per heavy atom. The van der Waals surface area contributed by atoms with Crippen LogP contribution >= 0.6 is 11.6 Å². The van der Waals surface area contributed by atoms with Crippen molar-refractivity contribution in [3.63, 3.8) is 0 Å². The van der Waals surface area contributed by atoms with Gasteiger partial charge in [0.05, 0.1) is 13.3 Å². The molecule has 0 saturated heterocycles. The Morgan fingerprint density at radius 1 is 1.25 bits per heavy atom. The topological polar surface area (TPSA) is 50.7 Å². The molecule has 2 aromatic carbocycles. The number of nitrogens with zero attached hydrogens (tertiary/aromatic N) is 1. The van der Waals surface area contributed by atoms with Crippen LogP contribution in [0.3, 0.4) is 0 Å². The maximum Gasteiger partial charge on any atom is 0.271 e. The number of carbonyl (C=O) groups excluding carboxylic acids is 1. The van der Waals surface area contributed by atoms with Crippen molar-refractivity contribution < 1.29 is 9.53 Å². The average Bonchev–Trinajstić information content (AvgIpc) is 2.48. The van der Waals surface area contributed by atoms with Crippen molar-refractivity contribution >= 4 is 23.7 Å². The fraction of sp³-hybridized carbons (Fsp3) is 0.0667. The first kappa shape index (κ1) is 14.1. The van der Waals surface area contributed by atoms with Gasteiger partial charge in [-0.2, -0.15) is 5.10 Å². The summed E-state index contributed by atoms with van der Waals surface area (Å²) in [6, 6.07) is 14.0. The molecule has 0 aliphatic carbocycles.